The molecule has 2 aromatic heterocycles. The second kappa shape index (κ2) is 7.31. The summed E-state index contributed by atoms with van der Waals surface area (Å²) < 4.78 is 1.98. The second-order valence-electron chi connectivity index (χ2n) is 7.04. The van der Waals surface area contributed by atoms with Crippen molar-refractivity contribution in [3.63, 3.8) is 0 Å². The van der Waals surface area contributed by atoms with E-state index in [2.05, 4.69) is 45.7 Å². The van der Waals surface area contributed by atoms with Crippen LogP contribution in [-0.2, 0) is 17.9 Å². The lowest BCUT2D eigenvalue weighted by Gasteiger charge is -2.32. The van der Waals surface area contributed by atoms with Crippen LogP contribution >= 0.6 is 0 Å². The third kappa shape index (κ3) is 3.63. The van der Waals surface area contributed by atoms with Crippen molar-refractivity contribution in [1.82, 2.24) is 19.7 Å². The molecule has 2 aromatic rings. The number of rotatable bonds is 6. The van der Waals surface area contributed by atoms with Gasteiger partial charge in [-0.25, -0.2) is 4.98 Å². The Morgan fingerprint density at radius 3 is 2.88 bits per heavy atom. The van der Waals surface area contributed by atoms with E-state index in [9.17, 15) is 4.79 Å². The number of aromatic nitrogens is 4. The van der Waals surface area contributed by atoms with Crippen LogP contribution in [0.15, 0.2) is 12.4 Å². The monoisotopic (exact) mass is 357 g/mol. The number of fused-ring (bicyclic) bond motifs is 1. The first-order valence-electron chi connectivity index (χ1n) is 9.06. The zero-order chi connectivity index (χ0) is 18.8. The Bertz CT molecular complexity index is 801. The molecule has 3 heterocycles. The third-order valence-electron chi connectivity index (χ3n) is 4.95. The van der Waals surface area contributed by atoms with Crippen molar-refractivity contribution < 1.29 is 4.79 Å². The SMILES string of the molecule is CCC(C)Cn1cc(CNc2nc(C)c3c(n2)N(C)[C@@H](C)C(=O)N3)cn1. The van der Waals surface area contributed by atoms with Gasteiger partial charge < -0.3 is 15.5 Å². The van der Waals surface area contributed by atoms with Crippen LogP contribution in [0.4, 0.5) is 17.5 Å². The van der Waals surface area contributed by atoms with Crippen molar-refractivity contribution in [2.45, 2.75) is 53.2 Å². The van der Waals surface area contributed by atoms with Crippen molar-refractivity contribution in [2.24, 2.45) is 5.92 Å². The van der Waals surface area contributed by atoms with Crippen molar-refractivity contribution in [2.75, 3.05) is 22.6 Å². The number of nitrogens with zero attached hydrogens (tertiary/aromatic N) is 5. The molecule has 2 atom stereocenters. The van der Waals surface area contributed by atoms with Gasteiger partial charge in [-0.3, -0.25) is 9.48 Å². The van der Waals surface area contributed by atoms with Crippen LogP contribution in [0.25, 0.3) is 0 Å². The Balaban J connectivity index is 1.72. The fourth-order valence-electron chi connectivity index (χ4n) is 2.85. The first-order valence-corrected chi connectivity index (χ1v) is 9.06. The maximum atomic E-state index is 12.0. The number of likely N-dealkylation sites (N-methyl/N-ethyl adjacent to an activating group) is 1. The lowest BCUT2D eigenvalue weighted by molar-refractivity contribution is -0.117. The number of carbonyl (C=O) groups excluding carboxylic acids is 1. The summed E-state index contributed by atoms with van der Waals surface area (Å²) in [5.41, 5.74) is 2.52. The highest BCUT2D eigenvalue weighted by Gasteiger charge is 2.30. The van der Waals surface area contributed by atoms with Crippen LogP contribution < -0.4 is 15.5 Å². The molecular weight excluding hydrogens is 330 g/mol. The van der Waals surface area contributed by atoms with E-state index < -0.39 is 0 Å². The van der Waals surface area contributed by atoms with Gasteiger partial charge in [0.2, 0.25) is 11.9 Å². The molecule has 0 aromatic carbocycles. The molecule has 8 nitrogen and oxygen atoms in total. The largest absolute Gasteiger partial charge is 0.350 e. The van der Waals surface area contributed by atoms with Gasteiger partial charge in [-0.2, -0.15) is 10.1 Å². The predicted molar refractivity (Wildman–Crippen MR) is 102 cm³/mol. The molecule has 8 heteroatoms. The van der Waals surface area contributed by atoms with Gasteiger partial charge in [0, 0.05) is 31.9 Å². The zero-order valence-corrected chi connectivity index (χ0v) is 16.1. The van der Waals surface area contributed by atoms with Crippen LogP contribution in [0.5, 0.6) is 0 Å². The molecule has 0 radical (unpaired) electrons. The minimum atomic E-state index is -0.261. The normalized spacial score (nSPS) is 17.7. The number of nitrogens with one attached hydrogen (secondary N) is 2. The molecule has 0 saturated carbocycles. The van der Waals surface area contributed by atoms with Crippen LogP contribution in [0, 0.1) is 12.8 Å². The van der Waals surface area contributed by atoms with Crippen LogP contribution in [0.3, 0.4) is 0 Å². The molecule has 1 aliphatic rings. The Kier molecular flexibility index (Phi) is 5.11. The summed E-state index contributed by atoms with van der Waals surface area (Å²) in [5.74, 6) is 1.85. The predicted octanol–water partition coefficient (Wildman–Crippen LogP) is 2.42. The Morgan fingerprint density at radius 1 is 1.38 bits per heavy atom. The van der Waals surface area contributed by atoms with E-state index in [4.69, 9.17) is 0 Å². The molecule has 0 aliphatic carbocycles. The number of aryl methyl sites for hydroxylation is 1. The minimum absolute atomic E-state index is 0.0406. The summed E-state index contributed by atoms with van der Waals surface area (Å²) in [6.07, 6.45) is 5.06. The number of carbonyl (C=O) groups is 1. The van der Waals surface area contributed by atoms with E-state index in [-0.39, 0.29) is 11.9 Å². The summed E-state index contributed by atoms with van der Waals surface area (Å²) in [6.45, 7) is 9.67. The molecule has 0 spiro atoms. The van der Waals surface area contributed by atoms with Gasteiger partial charge in [-0.15, -0.1) is 0 Å². The topological polar surface area (TPSA) is 88.0 Å². The van der Waals surface area contributed by atoms with Crippen molar-refractivity contribution in [3.8, 4) is 0 Å². The number of hydrogen-bond donors (Lipinski definition) is 2. The van der Waals surface area contributed by atoms with Gasteiger partial charge in [-0.05, 0) is 19.8 Å². The third-order valence-corrected chi connectivity index (χ3v) is 4.95. The van der Waals surface area contributed by atoms with Gasteiger partial charge >= 0.3 is 0 Å². The van der Waals surface area contributed by atoms with Gasteiger partial charge in [0.15, 0.2) is 5.82 Å². The standard InChI is InChI=1S/C18H27N7O/c1-6-11(2)9-25-10-14(8-20-25)7-19-18-21-12(3)15-16(23-18)24(5)13(4)17(26)22-15/h8,10-11,13H,6-7,9H2,1-5H3,(H,22,26)(H,19,21,23)/t11?,13-/m0/s1. The molecule has 0 bridgehead atoms. The fraction of sp³-hybridized carbons (Fsp3) is 0.556. The number of amides is 1. The van der Waals surface area contributed by atoms with Crippen LogP contribution in [0.1, 0.15) is 38.4 Å². The first kappa shape index (κ1) is 18.2. The Hall–Kier alpha value is -2.64. The van der Waals surface area contributed by atoms with Crippen LogP contribution in [0.2, 0.25) is 0 Å². The average Bonchev–Trinajstić information content (AvgIpc) is 3.06. The highest BCUT2D eigenvalue weighted by Crippen LogP contribution is 2.32. The lowest BCUT2D eigenvalue weighted by atomic mass is 10.1. The zero-order valence-electron chi connectivity index (χ0n) is 16.1. The molecule has 140 valence electrons. The van der Waals surface area contributed by atoms with Crippen molar-refractivity contribution >= 4 is 23.4 Å². The molecule has 26 heavy (non-hydrogen) atoms. The molecule has 1 unspecified atom stereocenters. The Labute approximate surface area is 154 Å². The highest BCUT2D eigenvalue weighted by molar-refractivity contribution is 6.03. The van der Waals surface area contributed by atoms with E-state index in [1.54, 1.807) is 0 Å². The average molecular weight is 357 g/mol. The summed E-state index contributed by atoms with van der Waals surface area (Å²) in [5, 5.41) is 10.6. The highest BCUT2D eigenvalue weighted by atomic mass is 16.2. The second-order valence-corrected chi connectivity index (χ2v) is 7.04. The molecular formula is C18H27N7O. The molecule has 3 rings (SSSR count). The molecule has 2 N–H and O–H groups in total. The van der Waals surface area contributed by atoms with E-state index in [1.165, 1.54) is 0 Å². The first-order chi connectivity index (χ1) is 12.4. The van der Waals surface area contributed by atoms with Gasteiger partial charge in [-0.1, -0.05) is 20.3 Å². The van der Waals surface area contributed by atoms with E-state index in [0.29, 0.717) is 24.1 Å². The maximum absolute atomic E-state index is 12.0. The fourth-order valence-corrected chi connectivity index (χ4v) is 2.85. The number of hydrogen-bond acceptors (Lipinski definition) is 6. The van der Waals surface area contributed by atoms with Crippen molar-refractivity contribution in [3.05, 3.63) is 23.7 Å². The molecule has 1 aliphatic heterocycles. The lowest BCUT2D eigenvalue weighted by Crippen LogP contribution is -2.44. The maximum Gasteiger partial charge on any atom is 0.246 e. The summed E-state index contributed by atoms with van der Waals surface area (Å²) in [4.78, 5) is 22.9. The Morgan fingerprint density at radius 2 is 2.15 bits per heavy atom. The summed E-state index contributed by atoms with van der Waals surface area (Å²) >= 11 is 0. The minimum Gasteiger partial charge on any atom is -0.350 e. The van der Waals surface area contributed by atoms with Crippen molar-refractivity contribution in [1.29, 1.82) is 0 Å². The van der Waals surface area contributed by atoms with E-state index in [1.807, 2.05) is 36.7 Å². The van der Waals surface area contributed by atoms with Crippen LogP contribution in [-0.4, -0.2) is 38.7 Å². The molecule has 1 amide bonds. The summed E-state index contributed by atoms with van der Waals surface area (Å²) in [7, 11) is 1.87. The molecule has 0 fully saturated rings. The quantitative estimate of drug-likeness (QED) is 0.825. The van der Waals surface area contributed by atoms with Gasteiger partial charge in [0.25, 0.3) is 0 Å². The van der Waals surface area contributed by atoms with E-state index in [0.717, 1.165) is 30.0 Å². The smallest absolute Gasteiger partial charge is 0.246 e. The summed E-state index contributed by atoms with van der Waals surface area (Å²) in [6, 6.07) is -0.261. The number of anilines is 3. The van der Waals surface area contributed by atoms with Gasteiger partial charge in [0.05, 0.1) is 11.9 Å². The van der Waals surface area contributed by atoms with Gasteiger partial charge in [0.1, 0.15) is 11.7 Å². The van der Waals surface area contributed by atoms with E-state index >= 15 is 0 Å². The molecule has 0 saturated heterocycles.